The number of hydrogen-bond donors (Lipinski definition) is 2. The summed E-state index contributed by atoms with van der Waals surface area (Å²) in [6.07, 6.45) is 0.516. The number of carbonyl (C=O) groups is 2. The predicted molar refractivity (Wildman–Crippen MR) is 97.4 cm³/mol. The molecule has 1 rings (SSSR count). The Balaban J connectivity index is 2.82. The fourth-order valence-electron chi connectivity index (χ4n) is 2.27. The van der Waals surface area contributed by atoms with E-state index in [9.17, 15) is 9.59 Å². The molecule has 0 aliphatic heterocycles. The van der Waals surface area contributed by atoms with Gasteiger partial charge in [-0.15, -0.1) is 0 Å². The zero-order chi connectivity index (χ0) is 18.9. The summed E-state index contributed by atoms with van der Waals surface area (Å²) in [4.78, 5) is 24.8. The number of amides is 2. The number of carbonyl (C=O) groups excluding carboxylic acids is 2. The monoisotopic (exact) mass is 350 g/mol. The zero-order valence-corrected chi connectivity index (χ0v) is 15.8. The van der Waals surface area contributed by atoms with Gasteiger partial charge in [-0.25, -0.2) is 4.79 Å². The molecule has 140 valence electrons. The van der Waals surface area contributed by atoms with E-state index in [2.05, 4.69) is 10.6 Å². The lowest BCUT2D eigenvalue weighted by Gasteiger charge is -2.25. The molecule has 0 heterocycles. The fraction of sp³-hybridized carbons (Fsp3) is 0.579. The van der Waals surface area contributed by atoms with E-state index < -0.39 is 17.7 Å². The van der Waals surface area contributed by atoms with E-state index in [0.717, 1.165) is 12.0 Å². The molecule has 0 saturated carbocycles. The molecule has 6 nitrogen and oxygen atoms in total. The second kappa shape index (κ2) is 10.0. The molecular weight excluding hydrogens is 320 g/mol. The summed E-state index contributed by atoms with van der Waals surface area (Å²) in [6, 6.07) is 8.73. The lowest BCUT2D eigenvalue weighted by atomic mass is 10.0. The van der Waals surface area contributed by atoms with Gasteiger partial charge in [-0.2, -0.15) is 0 Å². The molecule has 0 bridgehead atoms. The summed E-state index contributed by atoms with van der Waals surface area (Å²) in [6.45, 7) is 7.74. The summed E-state index contributed by atoms with van der Waals surface area (Å²) in [7, 11) is 1.59. The Hall–Kier alpha value is -2.08. The molecule has 0 aliphatic carbocycles. The van der Waals surface area contributed by atoms with Crippen LogP contribution in [0.4, 0.5) is 4.79 Å². The molecule has 0 fully saturated rings. The first-order chi connectivity index (χ1) is 11.7. The Kier molecular flexibility index (Phi) is 8.41. The third-order valence-corrected chi connectivity index (χ3v) is 3.50. The lowest BCUT2D eigenvalue weighted by molar-refractivity contribution is -0.124. The van der Waals surface area contributed by atoms with Crippen molar-refractivity contribution in [1.82, 2.24) is 10.6 Å². The first kappa shape index (κ1) is 21.0. The number of rotatable bonds is 8. The normalized spacial score (nSPS) is 13.6. The van der Waals surface area contributed by atoms with Gasteiger partial charge < -0.3 is 20.1 Å². The number of nitrogens with one attached hydrogen (secondary N) is 2. The number of alkyl carbamates (subject to hydrolysis) is 1. The van der Waals surface area contributed by atoms with Crippen LogP contribution in [-0.4, -0.2) is 43.4 Å². The van der Waals surface area contributed by atoms with Crippen LogP contribution in [0.25, 0.3) is 0 Å². The summed E-state index contributed by atoms with van der Waals surface area (Å²) in [5.74, 6) is -0.251. The van der Waals surface area contributed by atoms with Gasteiger partial charge in [0, 0.05) is 13.5 Å². The van der Waals surface area contributed by atoms with Crippen LogP contribution in [0.2, 0.25) is 0 Å². The van der Waals surface area contributed by atoms with Crippen molar-refractivity contribution in [3.05, 3.63) is 35.9 Å². The molecule has 2 amide bonds. The molecule has 0 aromatic heterocycles. The highest BCUT2D eigenvalue weighted by atomic mass is 16.6. The highest BCUT2D eigenvalue weighted by Gasteiger charge is 2.26. The van der Waals surface area contributed by atoms with Crippen molar-refractivity contribution in [2.45, 2.75) is 58.2 Å². The van der Waals surface area contributed by atoms with Crippen LogP contribution in [-0.2, 0) is 20.7 Å². The maximum atomic E-state index is 12.7. The van der Waals surface area contributed by atoms with E-state index in [1.165, 1.54) is 0 Å². The number of hydrogen-bond acceptors (Lipinski definition) is 4. The standard InChI is InChI=1S/C19H30N2O4/c1-6-15(13-24-5)20-17(22)16(12-14-10-8-7-9-11-14)21-18(23)25-19(2,3)4/h7-11,15-16H,6,12-13H2,1-5H3,(H,20,22)(H,21,23)/t15?,16-/m0/s1. The molecule has 1 unspecified atom stereocenters. The van der Waals surface area contributed by atoms with Crippen molar-refractivity contribution in [3.63, 3.8) is 0 Å². The summed E-state index contributed by atoms with van der Waals surface area (Å²) in [5.41, 5.74) is 0.332. The van der Waals surface area contributed by atoms with Crippen LogP contribution in [0.1, 0.15) is 39.7 Å². The third-order valence-electron chi connectivity index (χ3n) is 3.50. The number of methoxy groups -OCH3 is 1. The van der Waals surface area contributed by atoms with Crippen LogP contribution >= 0.6 is 0 Å². The third kappa shape index (κ3) is 8.54. The Bertz CT molecular complexity index is 540. The SMILES string of the molecule is CCC(COC)NC(=O)[C@H](Cc1ccccc1)NC(=O)OC(C)(C)C. The van der Waals surface area contributed by atoms with Crippen LogP contribution in [0, 0.1) is 0 Å². The van der Waals surface area contributed by atoms with Crippen LogP contribution in [0.5, 0.6) is 0 Å². The van der Waals surface area contributed by atoms with Crippen molar-refractivity contribution in [1.29, 1.82) is 0 Å². The second-order valence-electron chi connectivity index (χ2n) is 6.96. The first-order valence-electron chi connectivity index (χ1n) is 8.58. The molecule has 1 aromatic carbocycles. The van der Waals surface area contributed by atoms with E-state index >= 15 is 0 Å². The Morgan fingerprint density at radius 2 is 1.76 bits per heavy atom. The van der Waals surface area contributed by atoms with E-state index in [-0.39, 0.29) is 11.9 Å². The highest BCUT2D eigenvalue weighted by molar-refractivity contribution is 5.86. The topological polar surface area (TPSA) is 76.7 Å². The van der Waals surface area contributed by atoms with Crippen LogP contribution in [0.3, 0.4) is 0 Å². The van der Waals surface area contributed by atoms with Gasteiger partial charge in [-0.1, -0.05) is 37.3 Å². The lowest BCUT2D eigenvalue weighted by Crippen LogP contribution is -2.52. The van der Waals surface area contributed by atoms with Gasteiger partial charge in [0.15, 0.2) is 0 Å². The van der Waals surface area contributed by atoms with Crippen molar-refractivity contribution < 1.29 is 19.1 Å². The van der Waals surface area contributed by atoms with Gasteiger partial charge in [0.1, 0.15) is 11.6 Å². The Labute approximate surface area is 150 Å². The zero-order valence-electron chi connectivity index (χ0n) is 15.8. The molecule has 0 aliphatic rings. The van der Waals surface area contributed by atoms with Gasteiger partial charge >= 0.3 is 6.09 Å². The smallest absolute Gasteiger partial charge is 0.408 e. The van der Waals surface area contributed by atoms with E-state index in [1.807, 2.05) is 37.3 Å². The van der Waals surface area contributed by atoms with Crippen molar-refractivity contribution >= 4 is 12.0 Å². The molecule has 2 N–H and O–H groups in total. The van der Waals surface area contributed by atoms with Crippen LogP contribution < -0.4 is 10.6 Å². The molecule has 0 radical (unpaired) electrons. The van der Waals surface area contributed by atoms with Gasteiger partial charge in [-0.05, 0) is 32.8 Å². The summed E-state index contributed by atoms with van der Waals surface area (Å²) < 4.78 is 10.4. The molecule has 25 heavy (non-hydrogen) atoms. The van der Waals surface area contributed by atoms with Gasteiger partial charge in [0.25, 0.3) is 0 Å². The van der Waals surface area contributed by atoms with E-state index in [1.54, 1.807) is 27.9 Å². The maximum absolute atomic E-state index is 12.7. The van der Waals surface area contributed by atoms with Gasteiger partial charge in [-0.3, -0.25) is 4.79 Å². The largest absolute Gasteiger partial charge is 0.444 e. The maximum Gasteiger partial charge on any atom is 0.408 e. The molecule has 2 atom stereocenters. The average molecular weight is 350 g/mol. The Morgan fingerprint density at radius 1 is 1.12 bits per heavy atom. The minimum atomic E-state index is -0.719. The van der Waals surface area contributed by atoms with Gasteiger partial charge in [0.2, 0.25) is 5.91 Å². The first-order valence-corrected chi connectivity index (χ1v) is 8.58. The molecule has 0 spiro atoms. The molecule has 0 saturated heterocycles. The predicted octanol–water partition coefficient (Wildman–Crippen LogP) is 2.66. The summed E-state index contributed by atoms with van der Waals surface area (Å²) in [5, 5.41) is 5.60. The quantitative estimate of drug-likeness (QED) is 0.756. The van der Waals surface area contributed by atoms with E-state index in [0.29, 0.717) is 13.0 Å². The average Bonchev–Trinajstić information content (AvgIpc) is 2.53. The molecule has 6 heteroatoms. The number of benzene rings is 1. The van der Waals surface area contributed by atoms with Crippen molar-refractivity contribution in [2.75, 3.05) is 13.7 Å². The second-order valence-corrected chi connectivity index (χ2v) is 6.96. The van der Waals surface area contributed by atoms with Crippen molar-refractivity contribution in [2.24, 2.45) is 0 Å². The Morgan fingerprint density at radius 3 is 2.28 bits per heavy atom. The number of ether oxygens (including phenoxy) is 2. The fourth-order valence-corrected chi connectivity index (χ4v) is 2.27. The summed E-state index contributed by atoms with van der Waals surface area (Å²) >= 11 is 0. The minimum Gasteiger partial charge on any atom is -0.444 e. The molecule has 1 aromatic rings. The van der Waals surface area contributed by atoms with Crippen LogP contribution in [0.15, 0.2) is 30.3 Å². The molecular formula is C19H30N2O4. The minimum absolute atomic E-state index is 0.101. The highest BCUT2D eigenvalue weighted by Crippen LogP contribution is 2.09. The van der Waals surface area contributed by atoms with E-state index in [4.69, 9.17) is 9.47 Å². The van der Waals surface area contributed by atoms with Crippen molar-refractivity contribution in [3.8, 4) is 0 Å². The van der Waals surface area contributed by atoms with Gasteiger partial charge in [0.05, 0.1) is 12.6 Å².